The van der Waals surface area contributed by atoms with Gasteiger partial charge in [0.05, 0.1) is 11.8 Å². The minimum absolute atomic E-state index is 0.00114. The van der Waals surface area contributed by atoms with Crippen molar-refractivity contribution in [3.63, 3.8) is 0 Å². The summed E-state index contributed by atoms with van der Waals surface area (Å²) in [4.78, 5) is 6.19. The van der Waals surface area contributed by atoms with E-state index >= 15 is 0 Å². The smallest absolute Gasteiger partial charge is 0.164 e. The average Bonchev–Trinajstić information content (AvgIpc) is 2.48. The predicted octanol–water partition coefficient (Wildman–Crippen LogP) is 2.92. The Hall–Kier alpha value is -1.85. The lowest BCUT2D eigenvalue weighted by molar-refractivity contribution is 0.142. The molecule has 1 unspecified atom stereocenters. The highest BCUT2D eigenvalue weighted by molar-refractivity contribution is 5.21. The zero-order valence-corrected chi connectivity index (χ0v) is 11.8. The molecule has 2 rings (SSSR count). The summed E-state index contributed by atoms with van der Waals surface area (Å²) in [5.41, 5.74) is 0.924. The van der Waals surface area contributed by atoms with Crippen LogP contribution in [0.1, 0.15) is 23.8 Å². The van der Waals surface area contributed by atoms with Crippen molar-refractivity contribution < 1.29 is 13.9 Å². The van der Waals surface area contributed by atoms with Crippen LogP contribution in [0.5, 0.6) is 0 Å². The monoisotopic (exact) mass is 292 g/mol. The molecule has 0 spiro atoms. The molecule has 1 N–H and O–H groups in total. The summed E-state index contributed by atoms with van der Waals surface area (Å²) in [7, 11) is 1.89. The summed E-state index contributed by atoms with van der Waals surface area (Å²) in [6.45, 7) is 1.19. The number of hydrogen-bond donors (Lipinski definition) is 1. The summed E-state index contributed by atoms with van der Waals surface area (Å²) < 4.78 is 26.7. The second kappa shape index (κ2) is 7.24. The Kier molecular flexibility index (Phi) is 5.36. The van der Waals surface area contributed by atoms with E-state index in [0.29, 0.717) is 19.5 Å². The first-order valence-electron chi connectivity index (χ1n) is 6.78. The average molecular weight is 292 g/mol. The topological polar surface area (TPSA) is 36.4 Å². The van der Waals surface area contributed by atoms with Crippen molar-refractivity contribution in [1.29, 1.82) is 0 Å². The maximum atomic E-state index is 13.6. The van der Waals surface area contributed by atoms with Gasteiger partial charge in [0.25, 0.3) is 0 Å². The molecule has 0 saturated carbocycles. The van der Waals surface area contributed by atoms with E-state index in [-0.39, 0.29) is 5.56 Å². The number of aromatic nitrogens is 1. The summed E-state index contributed by atoms with van der Waals surface area (Å²) in [6.07, 6.45) is 1.02. The van der Waals surface area contributed by atoms with Gasteiger partial charge in [0, 0.05) is 24.8 Å². The van der Waals surface area contributed by atoms with Crippen molar-refractivity contribution in [2.45, 2.75) is 19.1 Å². The van der Waals surface area contributed by atoms with Gasteiger partial charge in [-0.3, -0.25) is 4.98 Å². The highest BCUT2D eigenvalue weighted by atomic mass is 19.2. The number of benzene rings is 1. The molecule has 1 atom stereocenters. The van der Waals surface area contributed by atoms with E-state index in [4.69, 9.17) is 0 Å². The second-order valence-electron chi connectivity index (χ2n) is 5.01. The third-order valence-electron chi connectivity index (χ3n) is 3.28. The Morgan fingerprint density at radius 1 is 1.19 bits per heavy atom. The molecule has 0 aliphatic rings. The van der Waals surface area contributed by atoms with Crippen molar-refractivity contribution in [2.75, 3.05) is 13.6 Å². The molecule has 0 aliphatic heterocycles. The van der Waals surface area contributed by atoms with Crippen molar-refractivity contribution in [3.8, 4) is 0 Å². The quantitative estimate of drug-likeness (QED) is 0.889. The lowest BCUT2D eigenvalue weighted by Gasteiger charge is -2.19. The molecule has 112 valence electrons. The van der Waals surface area contributed by atoms with Crippen LogP contribution in [0.25, 0.3) is 0 Å². The number of hydrogen-bond acceptors (Lipinski definition) is 3. The first-order chi connectivity index (χ1) is 10.1. The minimum Gasteiger partial charge on any atom is -0.388 e. The van der Waals surface area contributed by atoms with Gasteiger partial charge in [-0.2, -0.15) is 0 Å². The number of aliphatic hydroxyl groups is 1. The SMILES string of the molecule is CN(CCC(O)c1cccc(F)c1F)Cc1ccccn1. The van der Waals surface area contributed by atoms with Crippen molar-refractivity contribution >= 4 is 0 Å². The standard InChI is InChI=1S/C16H18F2N2O/c1-20(11-12-5-2-3-9-19-12)10-8-15(21)13-6-4-7-14(17)16(13)18/h2-7,9,15,21H,8,10-11H2,1H3. The molecule has 0 saturated heterocycles. The summed E-state index contributed by atoms with van der Waals surface area (Å²) in [6, 6.07) is 9.52. The molecule has 0 bridgehead atoms. The number of pyridine rings is 1. The van der Waals surface area contributed by atoms with Gasteiger partial charge in [-0.1, -0.05) is 18.2 Å². The van der Waals surface area contributed by atoms with E-state index in [1.54, 1.807) is 6.20 Å². The fourth-order valence-electron chi connectivity index (χ4n) is 2.12. The lowest BCUT2D eigenvalue weighted by atomic mass is 10.1. The summed E-state index contributed by atoms with van der Waals surface area (Å²) in [5, 5.41) is 9.99. The van der Waals surface area contributed by atoms with Crippen LogP contribution in [0.15, 0.2) is 42.6 Å². The third-order valence-corrected chi connectivity index (χ3v) is 3.28. The van der Waals surface area contributed by atoms with Crippen LogP contribution in [0.4, 0.5) is 8.78 Å². The zero-order chi connectivity index (χ0) is 15.2. The van der Waals surface area contributed by atoms with Crippen molar-refractivity contribution in [1.82, 2.24) is 9.88 Å². The van der Waals surface area contributed by atoms with Crippen molar-refractivity contribution in [3.05, 3.63) is 65.5 Å². The fraction of sp³-hybridized carbons (Fsp3) is 0.312. The Morgan fingerprint density at radius 2 is 2.00 bits per heavy atom. The highest BCUT2D eigenvalue weighted by Gasteiger charge is 2.16. The Balaban J connectivity index is 1.89. The van der Waals surface area contributed by atoms with Crippen LogP contribution < -0.4 is 0 Å². The van der Waals surface area contributed by atoms with Gasteiger partial charge >= 0.3 is 0 Å². The van der Waals surface area contributed by atoms with E-state index in [2.05, 4.69) is 4.98 Å². The molecule has 21 heavy (non-hydrogen) atoms. The highest BCUT2D eigenvalue weighted by Crippen LogP contribution is 2.22. The fourth-order valence-corrected chi connectivity index (χ4v) is 2.12. The van der Waals surface area contributed by atoms with E-state index < -0.39 is 17.7 Å². The molecule has 0 amide bonds. The Morgan fingerprint density at radius 3 is 2.71 bits per heavy atom. The third kappa shape index (κ3) is 4.31. The van der Waals surface area contributed by atoms with Crippen LogP contribution in [0.2, 0.25) is 0 Å². The first kappa shape index (κ1) is 15.5. The van der Waals surface area contributed by atoms with E-state index in [0.717, 1.165) is 11.8 Å². The molecule has 5 heteroatoms. The molecule has 0 radical (unpaired) electrons. The van der Waals surface area contributed by atoms with E-state index in [9.17, 15) is 13.9 Å². The number of aliphatic hydroxyl groups excluding tert-OH is 1. The molecule has 2 aromatic rings. The van der Waals surface area contributed by atoms with Gasteiger partial charge in [0.1, 0.15) is 0 Å². The molecule has 1 heterocycles. The van der Waals surface area contributed by atoms with E-state index in [1.165, 1.54) is 12.1 Å². The van der Waals surface area contributed by atoms with Gasteiger partial charge in [-0.25, -0.2) is 8.78 Å². The normalized spacial score (nSPS) is 12.6. The summed E-state index contributed by atoms with van der Waals surface area (Å²) in [5.74, 6) is -1.91. The van der Waals surface area contributed by atoms with Crippen LogP contribution in [0, 0.1) is 11.6 Å². The van der Waals surface area contributed by atoms with Crippen LogP contribution in [0.3, 0.4) is 0 Å². The molecular formula is C16H18F2N2O. The molecular weight excluding hydrogens is 274 g/mol. The van der Waals surface area contributed by atoms with Gasteiger partial charge in [-0.05, 0) is 31.7 Å². The van der Waals surface area contributed by atoms with Crippen molar-refractivity contribution in [2.24, 2.45) is 0 Å². The maximum absolute atomic E-state index is 13.6. The molecule has 0 fully saturated rings. The largest absolute Gasteiger partial charge is 0.388 e. The number of nitrogens with zero attached hydrogens (tertiary/aromatic N) is 2. The zero-order valence-electron chi connectivity index (χ0n) is 11.8. The van der Waals surface area contributed by atoms with Crippen LogP contribution in [-0.4, -0.2) is 28.6 Å². The van der Waals surface area contributed by atoms with Crippen LogP contribution in [-0.2, 0) is 6.54 Å². The molecule has 1 aromatic heterocycles. The van der Waals surface area contributed by atoms with Crippen LogP contribution >= 0.6 is 0 Å². The maximum Gasteiger partial charge on any atom is 0.164 e. The lowest BCUT2D eigenvalue weighted by Crippen LogP contribution is -2.21. The first-order valence-corrected chi connectivity index (χ1v) is 6.78. The van der Waals surface area contributed by atoms with Gasteiger partial charge < -0.3 is 10.0 Å². The number of halogens is 2. The second-order valence-corrected chi connectivity index (χ2v) is 5.01. The predicted molar refractivity (Wildman–Crippen MR) is 76.5 cm³/mol. The Labute approximate surface area is 122 Å². The van der Waals surface area contributed by atoms with Gasteiger partial charge in [-0.15, -0.1) is 0 Å². The summed E-state index contributed by atoms with van der Waals surface area (Å²) >= 11 is 0. The molecule has 0 aliphatic carbocycles. The Bertz CT molecular complexity index is 578. The van der Waals surface area contributed by atoms with Gasteiger partial charge in [0.15, 0.2) is 11.6 Å². The van der Waals surface area contributed by atoms with E-state index in [1.807, 2.05) is 30.1 Å². The number of rotatable bonds is 6. The van der Waals surface area contributed by atoms with Gasteiger partial charge in [0.2, 0.25) is 0 Å². The molecule has 3 nitrogen and oxygen atoms in total. The molecule has 1 aromatic carbocycles. The minimum atomic E-state index is -1.02.